The zero-order valence-electron chi connectivity index (χ0n) is 14.6. The van der Waals surface area contributed by atoms with Crippen LogP contribution >= 0.6 is 0 Å². The number of aliphatic hydroxyl groups excluding tert-OH is 1. The lowest BCUT2D eigenvalue weighted by molar-refractivity contribution is -0.00485. The molecule has 0 aliphatic carbocycles. The van der Waals surface area contributed by atoms with E-state index < -0.39 is 0 Å². The van der Waals surface area contributed by atoms with Crippen molar-refractivity contribution in [1.29, 1.82) is 0 Å². The number of aliphatic hydroxyl groups is 1. The lowest BCUT2D eigenvalue weighted by Gasteiger charge is -2.34. The van der Waals surface area contributed by atoms with Crippen LogP contribution in [0.15, 0.2) is 48.5 Å². The molecule has 2 N–H and O–H groups in total. The lowest BCUT2D eigenvalue weighted by atomic mass is 10.2. The van der Waals surface area contributed by atoms with Gasteiger partial charge in [0.05, 0.1) is 33.0 Å². The molecule has 0 aromatic heterocycles. The predicted octanol–water partition coefficient (Wildman–Crippen LogP) is 2.71. The molecule has 1 aliphatic rings. The van der Waals surface area contributed by atoms with E-state index in [1.807, 2.05) is 18.2 Å². The molecule has 3 rings (SSSR count). The van der Waals surface area contributed by atoms with Crippen LogP contribution in [0.5, 0.6) is 17.2 Å². The monoisotopic (exact) mass is 358 g/mol. The second-order valence-corrected chi connectivity index (χ2v) is 5.84. The Morgan fingerprint density at radius 1 is 1.23 bits per heavy atom. The number of anilines is 1. The first-order valence-corrected chi connectivity index (χ1v) is 8.38. The van der Waals surface area contributed by atoms with E-state index >= 15 is 0 Å². The summed E-state index contributed by atoms with van der Waals surface area (Å²) in [7, 11) is 1.60. The van der Waals surface area contributed by atoms with Gasteiger partial charge in [0.15, 0.2) is 0 Å². The van der Waals surface area contributed by atoms with Crippen molar-refractivity contribution in [2.45, 2.75) is 6.04 Å². The van der Waals surface area contributed by atoms with Crippen molar-refractivity contribution in [3.05, 3.63) is 48.5 Å². The van der Waals surface area contributed by atoms with E-state index in [0.717, 1.165) is 5.75 Å². The molecule has 0 bridgehead atoms. The average molecular weight is 358 g/mol. The minimum Gasteiger partial charge on any atom is -0.497 e. The Morgan fingerprint density at radius 3 is 2.73 bits per heavy atom. The summed E-state index contributed by atoms with van der Waals surface area (Å²) in [5.41, 5.74) is 0.649. The number of benzene rings is 2. The number of hydrogen-bond donors (Lipinski definition) is 2. The highest BCUT2D eigenvalue weighted by atomic mass is 16.5. The molecular formula is C19H22N2O5. The standard InChI is InChI=1S/C19H22N2O5/c1-24-17-3-2-4-18(11-17)26-16-7-5-14(6-8-16)20-19(23)21-9-10-25-13-15(21)12-22/h2-8,11,15,22H,9-10,12-13H2,1H3,(H,20,23)/t15-/m0/s1. The predicted molar refractivity (Wildman–Crippen MR) is 96.9 cm³/mol. The molecule has 1 saturated heterocycles. The van der Waals surface area contributed by atoms with Crippen LogP contribution in [-0.4, -0.2) is 55.6 Å². The van der Waals surface area contributed by atoms with Crippen LogP contribution in [0.2, 0.25) is 0 Å². The third kappa shape index (κ3) is 4.44. The summed E-state index contributed by atoms with van der Waals surface area (Å²) in [6.07, 6.45) is 0. The molecule has 7 heteroatoms. The van der Waals surface area contributed by atoms with E-state index in [4.69, 9.17) is 14.2 Å². The molecule has 0 radical (unpaired) electrons. The van der Waals surface area contributed by atoms with Crippen molar-refractivity contribution >= 4 is 11.7 Å². The van der Waals surface area contributed by atoms with Crippen LogP contribution in [0.25, 0.3) is 0 Å². The minimum atomic E-state index is -0.320. The number of methoxy groups -OCH3 is 1. The fraction of sp³-hybridized carbons (Fsp3) is 0.316. The Morgan fingerprint density at radius 2 is 2.00 bits per heavy atom. The normalized spacial score (nSPS) is 16.8. The lowest BCUT2D eigenvalue weighted by Crippen LogP contribution is -2.52. The molecule has 0 spiro atoms. The maximum Gasteiger partial charge on any atom is 0.322 e. The van der Waals surface area contributed by atoms with E-state index in [2.05, 4.69) is 5.32 Å². The average Bonchev–Trinajstić information content (AvgIpc) is 2.69. The van der Waals surface area contributed by atoms with Crippen LogP contribution in [0, 0.1) is 0 Å². The van der Waals surface area contributed by atoms with E-state index in [0.29, 0.717) is 36.9 Å². The second kappa shape index (κ2) is 8.55. The minimum absolute atomic E-state index is 0.124. The quantitative estimate of drug-likeness (QED) is 0.859. The molecule has 2 aromatic carbocycles. The number of nitrogens with one attached hydrogen (secondary N) is 1. The van der Waals surface area contributed by atoms with E-state index in [-0.39, 0.29) is 18.7 Å². The number of amides is 2. The van der Waals surface area contributed by atoms with Crippen molar-refractivity contribution in [1.82, 2.24) is 4.90 Å². The van der Waals surface area contributed by atoms with Crippen molar-refractivity contribution in [3.63, 3.8) is 0 Å². The Balaban J connectivity index is 1.61. The Hall–Kier alpha value is -2.77. The summed E-state index contributed by atoms with van der Waals surface area (Å²) in [5.74, 6) is 2.03. The van der Waals surface area contributed by atoms with Gasteiger partial charge in [-0.3, -0.25) is 0 Å². The molecule has 0 unspecified atom stereocenters. The summed E-state index contributed by atoms with van der Waals surface area (Å²) in [5, 5.41) is 12.2. The summed E-state index contributed by atoms with van der Waals surface area (Å²) >= 11 is 0. The largest absolute Gasteiger partial charge is 0.497 e. The van der Waals surface area contributed by atoms with Gasteiger partial charge in [0.25, 0.3) is 0 Å². The van der Waals surface area contributed by atoms with Crippen LogP contribution in [0.4, 0.5) is 10.5 Å². The molecule has 1 heterocycles. The molecule has 138 valence electrons. The summed E-state index contributed by atoms with van der Waals surface area (Å²) < 4.78 is 16.2. The van der Waals surface area contributed by atoms with Gasteiger partial charge in [0.1, 0.15) is 17.2 Å². The Labute approximate surface area is 152 Å². The van der Waals surface area contributed by atoms with Gasteiger partial charge in [0.2, 0.25) is 0 Å². The van der Waals surface area contributed by atoms with E-state index in [1.165, 1.54) is 0 Å². The maximum atomic E-state index is 12.4. The molecule has 26 heavy (non-hydrogen) atoms. The molecule has 7 nitrogen and oxygen atoms in total. The fourth-order valence-corrected chi connectivity index (χ4v) is 2.68. The summed E-state index contributed by atoms with van der Waals surface area (Å²) in [4.78, 5) is 14.0. The number of urea groups is 1. The van der Waals surface area contributed by atoms with E-state index in [1.54, 1.807) is 42.3 Å². The highest BCUT2D eigenvalue weighted by Gasteiger charge is 2.26. The highest BCUT2D eigenvalue weighted by Crippen LogP contribution is 2.26. The van der Waals surface area contributed by atoms with Gasteiger partial charge in [-0.05, 0) is 36.4 Å². The van der Waals surface area contributed by atoms with Crippen LogP contribution in [0.1, 0.15) is 0 Å². The molecule has 1 fully saturated rings. The summed E-state index contributed by atoms with van der Waals surface area (Å²) in [6, 6.07) is 13.8. The second-order valence-electron chi connectivity index (χ2n) is 5.84. The Kier molecular flexibility index (Phi) is 5.93. The molecular weight excluding hydrogens is 336 g/mol. The van der Waals surface area contributed by atoms with Crippen molar-refractivity contribution in [2.75, 3.05) is 38.8 Å². The Bertz CT molecular complexity index is 735. The first-order chi connectivity index (χ1) is 12.7. The van der Waals surface area contributed by atoms with Crippen LogP contribution in [-0.2, 0) is 4.74 Å². The first-order valence-electron chi connectivity index (χ1n) is 8.38. The zero-order valence-corrected chi connectivity index (χ0v) is 14.6. The topological polar surface area (TPSA) is 80.3 Å². The van der Waals surface area contributed by atoms with E-state index in [9.17, 15) is 9.90 Å². The molecule has 0 saturated carbocycles. The number of morpholine rings is 1. The molecule has 2 amide bonds. The number of nitrogens with zero attached hydrogens (tertiary/aromatic N) is 1. The third-order valence-electron chi connectivity index (χ3n) is 4.08. The fourth-order valence-electron chi connectivity index (χ4n) is 2.68. The highest BCUT2D eigenvalue weighted by molar-refractivity contribution is 5.89. The number of hydrogen-bond acceptors (Lipinski definition) is 5. The van der Waals surface area contributed by atoms with Gasteiger partial charge in [-0.1, -0.05) is 6.07 Å². The SMILES string of the molecule is COc1cccc(Oc2ccc(NC(=O)N3CCOC[C@@H]3CO)cc2)c1. The van der Waals surface area contributed by atoms with Crippen molar-refractivity contribution < 1.29 is 24.1 Å². The number of ether oxygens (including phenoxy) is 3. The molecule has 2 aromatic rings. The number of carbonyl (C=O) groups excluding carboxylic acids is 1. The third-order valence-corrected chi connectivity index (χ3v) is 4.08. The van der Waals surface area contributed by atoms with Gasteiger partial charge >= 0.3 is 6.03 Å². The van der Waals surface area contributed by atoms with Gasteiger partial charge in [0, 0.05) is 18.3 Å². The molecule has 1 aliphatic heterocycles. The van der Waals surface area contributed by atoms with Crippen molar-refractivity contribution in [3.8, 4) is 17.2 Å². The zero-order chi connectivity index (χ0) is 18.4. The van der Waals surface area contributed by atoms with Gasteiger partial charge in [-0.2, -0.15) is 0 Å². The van der Waals surface area contributed by atoms with Crippen LogP contribution in [0.3, 0.4) is 0 Å². The van der Waals surface area contributed by atoms with Crippen LogP contribution < -0.4 is 14.8 Å². The van der Waals surface area contributed by atoms with Gasteiger partial charge in [-0.15, -0.1) is 0 Å². The number of rotatable bonds is 5. The van der Waals surface area contributed by atoms with Gasteiger partial charge in [-0.25, -0.2) is 4.79 Å². The maximum absolute atomic E-state index is 12.4. The number of carbonyl (C=O) groups is 1. The smallest absolute Gasteiger partial charge is 0.322 e. The first kappa shape index (κ1) is 18.0. The van der Waals surface area contributed by atoms with Gasteiger partial charge < -0.3 is 29.5 Å². The van der Waals surface area contributed by atoms with Crippen molar-refractivity contribution in [2.24, 2.45) is 0 Å². The molecule has 1 atom stereocenters. The summed E-state index contributed by atoms with van der Waals surface area (Å²) in [6.45, 7) is 1.14.